The van der Waals surface area contributed by atoms with Crippen LogP contribution in [0.3, 0.4) is 0 Å². The van der Waals surface area contributed by atoms with E-state index < -0.39 is 0 Å². The quantitative estimate of drug-likeness (QED) is 0.691. The maximum atomic E-state index is 12.1. The smallest absolute Gasteiger partial charge is 0.343 e. The summed E-state index contributed by atoms with van der Waals surface area (Å²) in [6, 6.07) is 8.73. The number of rotatable bonds is 4. The lowest BCUT2D eigenvalue weighted by Crippen LogP contribution is -2.23. The zero-order valence-electron chi connectivity index (χ0n) is 15.2. The number of carbonyl (C=O) groups excluding carboxylic acids is 1. The van der Waals surface area contributed by atoms with Crippen molar-refractivity contribution in [1.29, 1.82) is 0 Å². The number of aryl methyl sites for hydroxylation is 1. The molecular formula is C20H24N4O2. The number of hydrogen-bond acceptors (Lipinski definition) is 4. The molecule has 0 radical (unpaired) electrons. The Bertz CT molecular complexity index is 917. The van der Waals surface area contributed by atoms with E-state index in [1.54, 1.807) is 6.20 Å². The van der Waals surface area contributed by atoms with Crippen molar-refractivity contribution in [3.63, 3.8) is 0 Å². The number of methoxy groups -OCH3 is 1. The van der Waals surface area contributed by atoms with E-state index in [0.29, 0.717) is 17.3 Å². The van der Waals surface area contributed by atoms with Gasteiger partial charge in [-0.3, -0.25) is 5.10 Å². The standard InChI is InChI=1S/C20H24N4O2/c1-13-8-10-14(11-9-13)17-19(22-15-6-4-3-5-7-15)24-18(23-17)16(12-21-24)20(25)26-2/h8-12,15,21-22H,3-7H2,1-2H3. The number of nitrogens with zero attached hydrogens (tertiary/aromatic N) is 2. The zero-order valence-corrected chi connectivity index (χ0v) is 15.2. The molecular weight excluding hydrogens is 328 g/mol. The van der Waals surface area contributed by atoms with E-state index in [0.717, 1.165) is 29.9 Å². The first-order valence-corrected chi connectivity index (χ1v) is 9.19. The van der Waals surface area contributed by atoms with Gasteiger partial charge in [-0.2, -0.15) is 0 Å². The summed E-state index contributed by atoms with van der Waals surface area (Å²) >= 11 is 0. The van der Waals surface area contributed by atoms with Crippen molar-refractivity contribution in [3.05, 3.63) is 41.6 Å². The van der Waals surface area contributed by atoms with Crippen LogP contribution >= 0.6 is 0 Å². The number of aromatic amines is 1. The Balaban J connectivity index is 1.82. The van der Waals surface area contributed by atoms with Crippen LogP contribution in [0.15, 0.2) is 30.5 Å². The minimum atomic E-state index is -0.388. The largest absolute Gasteiger partial charge is 0.465 e. The van der Waals surface area contributed by atoms with E-state index in [9.17, 15) is 4.79 Å². The molecule has 1 fully saturated rings. The van der Waals surface area contributed by atoms with Gasteiger partial charge in [0.05, 0.1) is 7.11 Å². The van der Waals surface area contributed by atoms with Crippen molar-refractivity contribution < 1.29 is 9.53 Å². The first-order valence-electron chi connectivity index (χ1n) is 9.19. The lowest BCUT2D eigenvalue weighted by Gasteiger charge is -2.23. The van der Waals surface area contributed by atoms with Crippen LogP contribution in [-0.4, -0.2) is 33.7 Å². The van der Waals surface area contributed by atoms with E-state index in [4.69, 9.17) is 9.72 Å². The Morgan fingerprint density at radius 2 is 1.96 bits per heavy atom. The molecule has 1 aromatic carbocycles. The van der Waals surface area contributed by atoms with Crippen LogP contribution in [0.4, 0.5) is 5.82 Å². The third-order valence-corrected chi connectivity index (χ3v) is 5.13. The number of imidazole rings is 1. The van der Waals surface area contributed by atoms with E-state index in [2.05, 4.69) is 41.6 Å². The van der Waals surface area contributed by atoms with Crippen LogP contribution in [-0.2, 0) is 4.74 Å². The monoisotopic (exact) mass is 352 g/mol. The summed E-state index contributed by atoms with van der Waals surface area (Å²) in [7, 11) is 1.39. The highest BCUT2D eigenvalue weighted by Gasteiger charge is 2.24. The predicted octanol–water partition coefficient (Wildman–Crippen LogP) is 4.17. The van der Waals surface area contributed by atoms with E-state index in [1.165, 1.54) is 31.9 Å². The van der Waals surface area contributed by atoms with Gasteiger partial charge in [0, 0.05) is 17.8 Å². The van der Waals surface area contributed by atoms with Crippen molar-refractivity contribution in [3.8, 4) is 11.3 Å². The third kappa shape index (κ3) is 2.96. The van der Waals surface area contributed by atoms with Gasteiger partial charge in [0.15, 0.2) is 11.5 Å². The van der Waals surface area contributed by atoms with Gasteiger partial charge in [-0.05, 0) is 19.8 Å². The molecule has 2 heterocycles. The summed E-state index contributed by atoms with van der Waals surface area (Å²) in [4.78, 5) is 16.8. The average molecular weight is 352 g/mol. The van der Waals surface area contributed by atoms with Crippen molar-refractivity contribution >= 4 is 17.4 Å². The number of anilines is 1. The summed E-state index contributed by atoms with van der Waals surface area (Å²) in [6.45, 7) is 2.07. The van der Waals surface area contributed by atoms with Gasteiger partial charge in [-0.15, -0.1) is 0 Å². The van der Waals surface area contributed by atoms with E-state index in [1.807, 2.05) is 4.52 Å². The lowest BCUT2D eigenvalue weighted by atomic mass is 9.95. The molecule has 4 rings (SSSR count). The summed E-state index contributed by atoms with van der Waals surface area (Å²) in [5.74, 6) is 0.520. The maximum absolute atomic E-state index is 12.1. The Kier molecular flexibility index (Phi) is 4.41. The number of aromatic nitrogens is 3. The molecule has 2 N–H and O–H groups in total. The second-order valence-corrected chi connectivity index (χ2v) is 6.99. The molecule has 1 aliphatic rings. The predicted molar refractivity (Wildman–Crippen MR) is 102 cm³/mol. The first-order chi connectivity index (χ1) is 12.7. The molecule has 2 aromatic heterocycles. The fraction of sp³-hybridized carbons (Fsp3) is 0.400. The SMILES string of the molecule is COC(=O)c1c[nH]n2c(NC3CCCCC3)c(-c3ccc(C)cc3)nc12. The fourth-order valence-electron chi connectivity index (χ4n) is 3.67. The Labute approximate surface area is 152 Å². The van der Waals surface area contributed by atoms with Crippen LogP contribution in [0, 0.1) is 6.92 Å². The van der Waals surface area contributed by atoms with Crippen molar-refractivity contribution in [2.45, 2.75) is 45.1 Å². The molecule has 0 saturated heterocycles. The molecule has 6 nitrogen and oxygen atoms in total. The number of H-pyrrole nitrogens is 1. The molecule has 136 valence electrons. The summed E-state index contributed by atoms with van der Waals surface area (Å²) < 4.78 is 6.75. The molecule has 0 spiro atoms. The second-order valence-electron chi connectivity index (χ2n) is 6.99. The Morgan fingerprint density at radius 1 is 1.23 bits per heavy atom. The van der Waals surface area contributed by atoms with Crippen LogP contribution in [0.25, 0.3) is 16.9 Å². The number of ether oxygens (including phenoxy) is 1. The van der Waals surface area contributed by atoms with Crippen LogP contribution in [0.2, 0.25) is 0 Å². The topological polar surface area (TPSA) is 71.4 Å². The van der Waals surface area contributed by atoms with Gasteiger partial charge >= 0.3 is 5.97 Å². The summed E-state index contributed by atoms with van der Waals surface area (Å²) in [6.07, 6.45) is 7.77. The molecule has 0 aliphatic heterocycles. The van der Waals surface area contributed by atoms with E-state index >= 15 is 0 Å². The summed E-state index contributed by atoms with van der Waals surface area (Å²) in [5.41, 5.74) is 4.12. The minimum Gasteiger partial charge on any atom is -0.465 e. The van der Waals surface area contributed by atoms with Crippen LogP contribution < -0.4 is 5.32 Å². The molecule has 26 heavy (non-hydrogen) atoms. The molecule has 0 unspecified atom stereocenters. The minimum absolute atomic E-state index is 0.388. The fourth-order valence-corrected chi connectivity index (χ4v) is 3.67. The van der Waals surface area contributed by atoms with Gasteiger partial charge in [-0.25, -0.2) is 14.3 Å². The highest BCUT2D eigenvalue weighted by atomic mass is 16.5. The van der Waals surface area contributed by atoms with Crippen molar-refractivity contribution in [2.24, 2.45) is 0 Å². The highest BCUT2D eigenvalue weighted by molar-refractivity contribution is 5.97. The first kappa shape index (κ1) is 16.7. The maximum Gasteiger partial charge on any atom is 0.343 e. The van der Waals surface area contributed by atoms with Crippen molar-refractivity contribution in [2.75, 3.05) is 12.4 Å². The number of hydrogen-bond donors (Lipinski definition) is 2. The number of esters is 1. The Morgan fingerprint density at radius 3 is 2.65 bits per heavy atom. The van der Waals surface area contributed by atoms with Gasteiger partial charge < -0.3 is 10.1 Å². The third-order valence-electron chi connectivity index (χ3n) is 5.13. The molecule has 1 aliphatic carbocycles. The molecule has 6 heteroatoms. The molecule has 0 bridgehead atoms. The normalized spacial score (nSPS) is 15.3. The molecule has 0 amide bonds. The van der Waals surface area contributed by atoms with Gasteiger partial charge in [0.2, 0.25) is 0 Å². The number of carbonyl (C=O) groups is 1. The van der Waals surface area contributed by atoms with Gasteiger partial charge in [0.25, 0.3) is 0 Å². The van der Waals surface area contributed by atoms with Gasteiger partial charge in [0.1, 0.15) is 11.3 Å². The molecule has 3 aromatic rings. The van der Waals surface area contributed by atoms with Crippen molar-refractivity contribution in [1.82, 2.24) is 14.6 Å². The van der Waals surface area contributed by atoms with E-state index in [-0.39, 0.29) is 5.97 Å². The highest BCUT2D eigenvalue weighted by Crippen LogP contribution is 2.32. The average Bonchev–Trinajstić information content (AvgIpc) is 3.23. The second kappa shape index (κ2) is 6.86. The zero-order chi connectivity index (χ0) is 18.1. The number of nitrogens with one attached hydrogen (secondary N) is 2. The molecule has 1 saturated carbocycles. The lowest BCUT2D eigenvalue weighted by molar-refractivity contribution is 0.0602. The Hall–Kier alpha value is -2.76. The van der Waals surface area contributed by atoms with Crippen LogP contribution in [0.1, 0.15) is 48.0 Å². The molecule has 0 atom stereocenters. The van der Waals surface area contributed by atoms with Crippen LogP contribution in [0.5, 0.6) is 0 Å². The number of benzene rings is 1. The van der Waals surface area contributed by atoms with Gasteiger partial charge in [-0.1, -0.05) is 49.1 Å². The number of fused-ring (bicyclic) bond motifs is 1. The summed E-state index contributed by atoms with van der Waals surface area (Å²) in [5, 5.41) is 6.83.